The van der Waals surface area contributed by atoms with E-state index in [4.69, 9.17) is 0 Å². The molecule has 2 rings (SSSR count). The molecule has 0 aromatic carbocycles. The molecule has 3 atom stereocenters. The molecule has 2 heteroatoms. The monoisotopic (exact) mass is 246 g/mol. The summed E-state index contributed by atoms with van der Waals surface area (Å²) in [5, 5.41) is 3.51. The summed E-state index contributed by atoms with van der Waals surface area (Å²) in [5.41, 5.74) is 3.83. The van der Waals surface area contributed by atoms with Crippen molar-refractivity contribution in [3.8, 4) is 0 Å². The fourth-order valence-electron chi connectivity index (χ4n) is 3.43. The minimum atomic E-state index is 0.424. The molecule has 0 aliphatic heterocycles. The minimum absolute atomic E-state index is 0.424. The van der Waals surface area contributed by atoms with Crippen LogP contribution in [0.1, 0.15) is 55.5 Å². The third-order valence-corrected chi connectivity index (χ3v) is 4.31. The van der Waals surface area contributed by atoms with Crippen molar-refractivity contribution in [2.24, 2.45) is 11.8 Å². The van der Waals surface area contributed by atoms with E-state index in [-0.39, 0.29) is 0 Å². The molecule has 1 aliphatic carbocycles. The number of aryl methyl sites for hydroxylation is 2. The van der Waals surface area contributed by atoms with Crippen LogP contribution in [0.2, 0.25) is 0 Å². The molecule has 0 bridgehead atoms. The molecular formula is C16H26N2. The molecule has 3 unspecified atom stereocenters. The fraction of sp³-hybridized carbons (Fsp3) is 0.688. The average molecular weight is 246 g/mol. The van der Waals surface area contributed by atoms with Crippen molar-refractivity contribution in [3.63, 3.8) is 0 Å². The van der Waals surface area contributed by atoms with E-state index >= 15 is 0 Å². The fourth-order valence-corrected chi connectivity index (χ4v) is 3.43. The molecule has 1 heterocycles. The van der Waals surface area contributed by atoms with Gasteiger partial charge in [0.25, 0.3) is 0 Å². The van der Waals surface area contributed by atoms with Gasteiger partial charge in [-0.15, -0.1) is 0 Å². The van der Waals surface area contributed by atoms with Gasteiger partial charge in [-0.2, -0.15) is 0 Å². The molecule has 1 N–H and O–H groups in total. The molecule has 1 fully saturated rings. The van der Waals surface area contributed by atoms with Crippen LogP contribution in [0.25, 0.3) is 0 Å². The molecule has 1 saturated carbocycles. The lowest BCUT2D eigenvalue weighted by molar-refractivity contribution is 0.227. The highest BCUT2D eigenvalue weighted by molar-refractivity contribution is 5.26. The first-order valence-electron chi connectivity index (χ1n) is 7.22. The molecule has 100 valence electrons. The number of nitrogens with zero attached hydrogens (tertiary/aromatic N) is 1. The molecule has 0 amide bonds. The Morgan fingerprint density at radius 2 is 2.11 bits per heavy atom. The van der Waals surface area contributed by atoms with Crippen molar-refractivity contribution < 1.29 is 0 Å². The SMILES string of the molecule is CNC(c1ncc(C)cc1C)C1CCCC(C)C1. The van der Waals surface area contributed by atoms with E-state index in [1.807, 2.05) is 6.20 Å². The topological polar surface area (TPSA) is 24.9 Å². The zero-order valence-corrected chi connectivity index (χ0v) is 12.2. The summed E-state index contributed by atoms with van der Waals surface area (Å²) >= 11 is 0. The summed E-state index contributed by atoms with van der Waals surface area (Å²) in [4.78, 5) is 4.69. The van der Waals surface area contributed by atoms with E-state index in [9.17, 15) is 0 Å². The first-order valence-corrected chi connectivity index (χ1v) is 7.22. The van der Waals surface area contributed by atoms with Crippen LogP contribution in [-0.4, -0.2) is 12.0 Å². The average Bonchev–Trinajstić information content (AvgIpc) is 2.33. The standard InChI is InChI=1S/C16H26N2/c1-11-6-5-7-14(9-11)16(17-4)15-13(3)8-12(2)10-18-15/h8,10-11,14,16-17H,5-7,9H2,1-4H3. The Bertz CT molecular complexity index is 400. The van der Waals surface area contributed by atoms with Crippen LogP contribution in [0.15, 0.2) is 12.3 Å². The van der Waals surface area contributed by atoms with Gasteiger partial charge in [-0.25, -0.2) is 0 Å². The van der Waals surface area contributed by atoms with E-state index < -0.39 is 0 Å². The quantitative estimate of drug-likeness (QED) is 0.878. The van der Waals surface area contributed by atoms with E-state index in [2.05, 4.69) is 44.2 Å². The maximum Gasteiger partial charge on any atom is 0.0605 e. The summed E-state index contributed by atoms with van der Waals surface area (Å²) in [6, 6.07) is 2.67. The first-order chi connectivity index (χ1) is 8.61. The van der Waals surface area contributed by atoms with Gasteiger partial charge in [0.2, 0.25) is 0 Å². The van der Waals surface area contributed by atoms with E-state index in [1.165, 1.54) is 42.5 Å². The number of hydrogen-bond acceptors (Lipinski definition) is 2. The third-order valence-electron chi connectivity index (χ3n) is 4.31. The lowest BCUT2D eigenvalue weighted by atomic mass is 9.77. The number of nitrogens with one attached hydrogen (secondary N) is 1. The second kappa shape index (κ2) is 5.83. The number of hydrogen-bond donors (Lipinski definition) is 1. The van der Waals surface area contributed by atoms with Crippen LogP contribution in [0, 0.1) is 25.7 Å². The smallest absolute Gasteiger partial charge is 0.0605 e. The highest BCUT2D eigenvalue weighted by Gasteiger charge is 2.28. The third kappa shape index (κ3) is 2.92. The number of rotatable bonds is 3. The van der Waals surface area contributed by atoms with Gasteiger partial charge in [0.05, 0.1) is 11.7 Å². The van der Waals surface area contributed by atoms with Crippen LogP contribution >= 0.6 is 0 Å². The summed E-state index contributed by atoms with van der Waals surface area (Å²) in [6.45, 7) is 6.68. The molecule has 0 spiro atoms. The van der Waals surface area contributed by atoms with Crippen LogP contribution in [0.4, 0.5) is 0 Å². The summed E-state index contributed by atoms with van der Waals surface area (Å²) in [6.07, 6.45) is 7.44. The van der Waals surface area contributed by atoms with E-state index in [0.29, 0.717) is 6.04 Å². The maximum atomic E-state index is 4.69. The van der Waals surface area contributed by atoms with E-state index in [0.717, 1.165) is 11.8 Å². The van der Waals surface area contributed by atoms with Crippen LogP contribution in [0.3, 0.4) is 0 Å². The summed E-state index contributed by atoms with van der Waals surface area (Å²) < 4.78 is 0. The largest absolute Gasteiger partial charge is 0.311 e. The lowest BCUT2D eigenvalue weighted by Gasteiger charge is -2.33. The van der Waals surface area contributed by atoms with Gasteiger partial charge in [0.1, 0.15) is 0 Å². The summed E-state index contributed by atoms with van der Waals surface area (Å²) in [5.74, 6) is 1.61. The van der Waals surface area contributed by atoms with Crippen LogP contribution in [0.5, 0.6) is 0 Å². The molecule has 1 aromatic rings. The zero-order chi connectivity index (χ0) is 13.1. The Balaban J connectivity index is 2.21. The molecule has 1 aliphatic rings. The van der Waals surface area contributed by atoms with Gasteiger partial charge in [-0.3, -0.25) is 4.98 Å². The van der Waals surface area contributed by atoms with Crippen molar-refractivity contribution >= 4 is 0 Å². The van der Waals surface area contributed by atoms with Crippen LogP contribution in [-0.2, 0) is 0 Å². The summed E-state index contributed by atoms with van der Waals surface area (Å²) in [7, 11) is 2.07. The van der Waals surface area contributed by atoms with Gasteiger partial charge in [0, 0.05) is 6.20 Å². The molecular weight excluding hydrogens is 220 g/mol. The molecule has 18 heavy (non-hydrogen) atoms. The highest BCUT2D eigenvalue weighted by Crippen LogP contribution is 2.37. The van der Waals surface area contributed by atoms with Crippen molar-refractivity contribution in [2.75, 3.05) is 7.05 Å². The number of aromatic nitrogens is 1. The highest BCUT2D eigenvalue weighted by atomic mass is 14.9. The normalized spacial score (nSPS) is 26.0. The predicted octanol–water partition coefficient (Wildman–Crippen LogP) is 3.79. The minimum Gasteiger partial charge on any atom is -0.311 e. The lowest BCUT2D eigenvalue weighted by Crippen LogP contribution is -2.30. The zero-order valence-electron chi connectivity index (χ0n) is 12.2. The Morgan fingerprint density at radius 1 is 1.33 bits per heavy atom. The van der Waals surface area contributed by atoms with E-state index in [1.54, 1.807) is 0 Å². The Labute approximate surface area is 111 Å². The second-order valence-electron chi connectivity index (χ2n) is 6.01. The van der Waals surface area contributed by atoms with Crippen molar-refractivity contribution in [1.29, 1.82) is 0 Å². The van der Waals surface area contributed by atoms with Gasteiger partial charge in [0.15, 0.2) is 0 Å². The molecule has 0 radical (unpaired) electrons. The predicted molar refractivity (Wildman–Crippen MR) is 76.6 cm³/mol. The maximum absolute atomic E-state index is 4.69. The Hall–Kier alpha value is -0.890. The molecule has 0 saturated heterocycles. The van der Waals surface area contributed by atoms with Gasteiger partial charge < -0.3 is 5.32 Å². The van der Waals surface area contributed by atoms with Gasteiger partial charge in [-0.1, -0.05) is 25.8 Å². The van der Waals surface area contributed by atoms with Crippen LogP contribution < -0.4 is 5.32 Å². The Kier molecular flexibility index (Phi) is 4.39. The Morgan fingerprint density at radius 3 is 2.72 bits per heavy atom. The van der Waals surface area contributed by atoms with Crippen molar-refractivity contribution in [2.45, 2.75) is 52.5 Å². The van der Waals surface area contributed by atoms with Gasteiger partial charge in [-0.05, 0) is 56.7 Å². The first kappa shape index (κ1) is 13.5. The van der Waals surface area contributed by atoms with Crippen molar-refractivity contribution in [1.82, 2.24) is 10.3 Å². The molecule has 2 nitrogen and oxygen atoms in total. The van der Waals surface area contributed by atoms with Gasteiger partial charge >= 0.3 is 0 Å². The van der Waals surface area contributed by atoms with Crippen molar-refractivity contribution in [3.05, 3.63) is 29.1 Å². The number of pyridine rings is 1. The molecule has 1 aromatic heterocycles. The second-order valence-corrected chi connectivity index (χ2v) is 6.01.